The molecule has 5 heteroatoms. The molecule has 0 amide bonds. The molecule has 0 saturated heterocycles. The zero-order chi connectivity index (χ0) is 14.0. The van der Waals surface area contributed by atoms with Crippen LogP contribution in [0.4, 0.5) is 5.69 Å². The SMILES string of the molecule is CCO/C(N)=C(\C)c1c(N)c2ccccc2oc1=O. The molecule has 0 atom stereocenters. The maximum atomic E-state index is 12.0. The normalized spacial score (nSPS) is 12.3. The summed E-state index contributed by atoms with van der Waals surface area (Å²) >= 11 is 0. The number of nitrogen functional groups attached to an aromatic ring is 1. The predicted octanol–water partition coefficient (Wildman–Crippen LogP) is 2.06. The molecule has 5 nitrogen and oxygen atoms in total. The summed E-state index contributed by atoms with van der Waals surface area (Å²) in [4.78, 5) is 12.0. The first kappa shape index (κ1) is 13.0. The molecule has 0 aliphatic rings. The van der Waals surface area contributed by atoms with Crippen LogP contribution in [-0.4, -0.2) is 6.61 Å². The van der Waals surface area contributed by atoms with Crippen molar-refractivity contribution < 1.29 is 9.15 Å². The second kappa shape index (κ2) is 5.06. The molecule has 2 aromatic rings. The van der Waals surface area contributed by atoms with E-state index in [1.807, 2.05) is 13.0 Å². The van der Waals surface area contributed by atoms with E-state index in [1.54, 1.807) is 25.1 Å². The molecule has 0 saturated carbocycles. The number of fused-ring (bicyclic) bond motifs is 1. The first-order valence-electron chi connectivity index (χ1n) is 5.97. The van der Waals surface area contributed by atoms with Gasteiger partial charge in [-0.15, -0.1) is 0 Å². The van der Waals surface area contributed by atoms with Gasteiger partial charge in [-0.1, -0.05) is 12.1 Å². The quantitative estimate of drug-likeness (QED) is 0.651. The van der Waals surface area contributed by atoms with E-state index in [0.717, 1.165) is 0 Å². The highest BCUT2D eigenvalue weighted by atomic mass is 16.5. The van der Waals surface area contributed by atoms with Gasteiger partial charge in [-0.2, -0.15) is 0 Å². The lowest BCUT2D eigenvalue weighted by Gasteiger charge is -2.10. The molecule has 100 valence electrons. The second-order valence-corrected chi connectivity index (χ2v) is 4.10. The van der Waals surface area contributed by atoms with Gasteiger partial charge in [0.1, 0.15) is 5.58 Å². The maximum Gasteiger partial charge on any atom is 0.346 e. The number of hydrogen-bond donors (Lipinski definition) is 2. The van der Waals surface area contributed by atoms with Crippen molar-refractivity contribution in [3.8, 4) is 0 Å². The molecule has 19 heavy (non-hydrogen) atoms. The van der Waals surface area contributed by atoms with Gasteiger partial charge in [0.05, 0.1) is 17.9 Å². The van der Waals surface area contributed by atoms with Crippen molar-refractivity contribution in [2.45, 2.75) is 13.8 Å². The summed E-state index contributed by atoms with van der Waals surface area (Å²) in [5.41, 5.74) is 12.8. The van der Waals surface area contributed by atoms with E-state index in [4.69, 9.17) is 20.6 Å². The molecule has 0 spiro atoms. The zero-order valence-electron chi connectivity index (χ0n) is 10.9. The third-order valence-corrected chi connectivity index (χ3v) is 2.90. The second-order valence-electron chi connectivity index (χ2n) is 4.10. The third-order valence-electron chi connectivity index (χ3n) is 2.90. The van der Waals surface area contributed by atoms with Crippen LogP contribution in [-0.2, 0) is 4.74 Å². The van der Waals surface area contributed by atoms with Crippen molar-refractivity contribution in [3.05, 3.63) is 46.1 Å². The van der Waals surface area contributed by atoms with Crippen LogP contribution in [0.2, 0.25) is 0 Å². The Bertz CT molecular complexity index is 701. The molecule has 1 aromatic heterocycles. The van der Waals surface area contributed by atoms with Crippen LogP contribution < -0.4 is 17.1 Å². The average molecular weight is 260 g/mol. The number of para-hydroxylation sites is 1. The van der Waals surface area contributed by atoms with E-state index in [9.17, 15) is 4.79 Å². The fourth-order valence-electron chi connectivity index (χ4n) is 1.92. The Labute approximate surface area is 110 Å². The highest BCUT2D eigenvalue weighted by molar-refractivity contribution is 5.94. The monoisotopic (exact) mass is 260 g/mol. The summed E-state index contributed by atoms with van der Waals surface area (Å²) in [5, 5.41) is 0.681. The van der Waals surface area contributed by atoms with E-state index >= 15 is 0 Å². The molecule has 0 aliphatic heterocycles. The predicted molar refractivity (Wildman–Crippen MR) is 75.3 cm³/mol. The minimum absolute atomic E-state index is 0.178. The molecule has 4 N–H and O–H groups in total. The van der Waals surface area contributed by atoms with E-state index < -0.39 is 5.63 Å². The molecule has 0 unspecified atom stereocenters. The van der Waals surface area contributed by atoms with Gasteiger partial charge in [0.25, 0.3) is 0 Å². The number of hydrogen-bond acceptors (Lipinski definition) is 5. The van der Waals surface area contributed by atoms with Crippen LogP contribution in [0.15, 0.2) is 39.4 Å². The van der Waals surface area contributed by atoms with Gasteiger partial charge in [-0.3, -0.25) is 0 Å². The summed E-state index contributed by atoms with van der Waals surface area (Å²) in [7, 11) is 0. The van der Waals surface area contributed by atoms with Crippen molar-refractivity contribution in [1.29, 1.82) is 0 Å². The lowest BCUT2D eigenvalue weighted by Crippen LogP contribution is -2.14. The zero-order valence-corrected chi connectivity index (χ0v) is 10.9. The fourth-order valence-corrected chi connectivity index (χ4v) is 1.92. The summed E-state index contributed by atoms with van der Waals surface area (Å²) < 4.78 is 10.4. The Morgan fingerprint density at radius 2 is 2.05 bits per heavy atom. The van der Waals surface area contributed by atoms with E-state index in [0.29, 0.717) is 28.8 Å². The highest BCUT2D eigenvalue weighted by Gasteiger charge is 2.16. The number of rotatable bonds is 3. The van der Waals surface area contributed by atoms with Gasteiger partial charge >= 0.3 is 5.63 Å². The highest BCUT2D eigenvalue weighted by Crippen LogP contribution is 2.27. The number of ether oxygens (including phenoxy) is 1. The van der Waals surface area contributed by atoms with E-state index in [-0.39, 0.29) is 11.4 Å². The third kappa shape index (κ3) is 2.27. The van der Waals surface area contributed by atoms with E-state index in [1.165, 1.54) is 0 Å². The van der Waals surface area contributed by atoms with Gasteiger partial charge < -0.3 is 20.6 Å². The molecule has 2 rings (SSSR count). The largest absolute Gasteiger partial charge is 0.479 e. The van der Waals surface area contributed by atoms with Gasteiger partial charge in [0.2, 0.25) is 0 Å². The topological polar surface area (TPSA) is 91.5 Å². The lowest BCUT2D eigenvalue weighted by molar-refractivity contribution is 0.228. The number of benzene rings is 1. The molecule has 1 heterocycles. The van der Waals surface area contributed by atoms with Crippen LogP contribution >= 0.6 is 0 Å². The first-order valence-corrected chi connectivity index (χ1v) is 5.97. The Morgan fingerprint density at radius 1 is 1.37 bits per heavy atom. The van der Waals surface area contributed by atoms with Gasteiger partial charge in [0, 0.05) is 11.0 Å². The molecule has 1 aromatic carbocycles. The van der Waals surface area contributed by atoms with Crippen LogP contribution in [0.25, 0.3) is 16.5 Å². The Kier molecular flexibility index (Phi) is 3.46. The molecule has 0 bridgehead atoms. The Balaban J connectivity index is 2.74. The Morgan fingerprint density at radius 3 is 2.74 bits per heavy atom. The van der Waals surface area contributed by atoms with Crippen molar-refractivity contribution in [2.75, 3.05) is 12.3 Å². The van der Waals surface area contributed by atoms with Crippen molar-refractivity contribution >= 4 is 22.2 Å². The summed E-state index contributed by atoms with van der Waals surface area (Å²) in [5.74, 6) is 0.178. The Hall–Kier alpha value is -2.43. The van der Waals surface area contributed by atoms with Crippen molar-refractivity contribution in [1.82, 2.24) is 0 Å². The van der Waals surface area contributed by atoms with Gasteiger partial charge in [-0.25, -0.2) is 4.79 Å². The van der Waals surface area contributed by atoms with E-state index in [2.05, 4.69) is 0 Å². The molecule has 0 fully saturated rings. The first-order chi connectivity index (χ1) is 9.06. The van der Waals surface area contributed by atoms with Crippen molar-refractivity contribution in [2.24, 2.45) is 5.73 Å². The smallest absolute Gasteiger partial charge is 0.346 e. The number of anilines is 1. The summed E-state index contributed by atoms with van der Waals surface area (Å²) in [6.45, 7) is 3.91. The lowest BCUT2D eigenvalue weighted by atomic mass is 10.1. The summed E-state index contributed by atoms with van der Waals surface area (Å²) in [6.07, 6.45) is 0. The van der Waals surface area contributed by atoms with Crippen LogP contribution in [0.3, 0.4) is 0 Å². The van der Waals surface area contributed by atoms with Crippen LogP contribution in [0, 0.1) is 0 Å². The minimum atomic E-state index is -0.517. The average Bonchev–Trinajstić information content (AvgIpc) is 2.38. The number of nitrogens with two attached hydrogens (primary N) is 2. The van der Waals surface area contributed by atoms with Crippen molar-refractivity contribution in [3.63, 3.8) is 0 Å². The molecule has 0 aliphatic carbocycles. The van der Waals surface area contributed by atoms with Crippen LogP contribution in [0.5, 0.6) is 0 Å². The molecular weight excluding hydrogens is 244 g/mol. The molecule has 0 radical (unpaired) electrons. The van der Waals surface area contributed by atoms with Gasteiger partial charge in [-0.05, 0) is 26.0 Å². The minimum Gasteiger partial charge on any atom is -0.479 e. The van der Waals surface area contributed by atoms with Gasteiger partial charge in [0.15, 0.2) is 5.88 Å². The maximum absolute atomic E-state index is 12.0. The number of allylic oxidation sites excluding steroid dienone is 1. The molecular formula is C14H16N2O3. The summed E-state index contributed by atoms with van der Waals surface area (Å²) in [6, 6.07) is 7.10. The standard InChI is InChI=1S/C14H16N2O3/c1-3-18-13(16)8(2)11-12(15)9-6-4-5-7-10(9)19-14(11)17/h4-7H,3,15-16H2,1-2H3/b13-8+. The fraction of sp³-hybridized carbons (Fsp3) is 0.214. The van der Waals surface area contributed by atoms with Crippen LogP contribution in [0.1, 0.15) is 19.4 Å².